The number of aryl methyl sites for hydroxylation is 1. The summed E-state index contributed by atoms with van der Waals surface area (Å²) in [6.07, 6.45) is 3.91. The molecule has 0 spiro atoms. The fourth-order valence-corrected chi connectivity index (χ4v) is 1.07. The molecule has 0 aromatic carbocycles. The van der Waals surface area contributed by atoms with Crippen LogP contribution in [0.1, 0.15) is 23.8 Å². The van der Waals surface area contributed by atoms with Gasteiger partial charge in [-0.05, 0) is 6.42 Å². The minimum atomic E-state index is -0.244. The minimum Gasteiger partial charge on any atom is -0.394 e. The number of nitrogens with one attached hydrogen (secondary N) is 1. The third-order valence-electron chi connectivity index (χ3n) is 1.99. The van der Waals surface area contributed by atoms with E-state index in [1.54, 1.807) is 24.1 Å². The average Bonchev–Trinajstić information content (AvgIpc) is 2.61. The number of rotatable bonds is 4. The van der Waals surface area contributed by atoms with Crippen molar-refractivity contribution >= 4 is 5.91 Å². The molecule has 0 saturated heterocycles. The van der Waals surface area contributed by atoms with Gasteiger partial charge in [-0.3, -0.25) is 4.79 Å². The van der Waals surface area contributed by atoms with Gasteiger partial charge in [0, 0.05) is 13.2 Å². The van der Waals surface area contributed by atoms with E-state index in [0.29, 0.717) is 12.1 Å². The molecule has 0 saturated carbocycles. The third kappa shape index (κ3) is 2.56. The van der Waals surface area contributed by atoms with E-state index >= 15 is 0 Å². The Kier molecular flexibility index (Phi) is 3.64. The van der Waals surface area contributed by atoms with Crippen LogP contribution in [0.15, 0.2) is 12.5 Å². The first-order valence-corrected chi connectivity index (χ1v) is 4.57. The fraction of sp³-hybridized carbons (Fsp3) is 0.556. The SMILES string of the molecule is CC[C@@H](CO)NC(=O)c1cn(C)cn1. The predicted octanol–water partition coefficient (Wildman–Crippen LogP) is -0.0792. The maximum Gasteiger partial charge on any atom is 0.271 e. The molecule has 0 aliphatic heterocycles. The molecule has 0 fully saturated rings. The predicted molar refractivity (Wildman–Crippen MR) is 51.8 cm³/mol. The fourth-order valence-electron chi connectivity index (χ4n) is 1.07. The van der Waals surface area contributed by atoms with Crippen molar-refractivity contribution in [3.05, 3.63) is 18.2 Å². The average molecular weight is 197 g/mol. The maximum atomic E-state index is 11.5. The lowest BCUT2D eigenvalue weighted by molar-refractivity contribution is 0.0910. The second kappa shape index (κ2) is 4.76. The molecule has 1 heterocycles. The van der Waals surface area contributed by atoms with Crippen LogP contribution >= 0.6 is 0 Å². The van der Waals surface area contributed by atoms with Crippen molar-refractivity contribution in [1.82, 2.24) is 14.9 Å². The van der Waals surface area contributed by atoms with E-state index in [0.717, 1.165) is 0 Å². The Morgan fingerprint density at radius 3 is 2.93 bits per heavy atom. The van der Waals surface area contributed by atoms with Crippen LogP contribution in [0, 0.1) is 0 Å². The van der Waals surface area contributed by atoms with Crippen LogP contribution in [0.5, 0.6) is 0 Å². The zero-order chi connectivity index (χ0) is 10.6. The summed E-state index contributed by atoms with van der Waals surface area (Å²) >= 11 is 0. The van der Waals surface area contributed by atoms with Gasteiger partial charge < -0.3 is 15.0 Å². The van der Waals surface area contributed by atoms with Crippen LogP contribution < -0.4 is 5.32 Å². The van der Waals surface area contributed by atoms with Gasteiger partial charge in [0.25, 0.3) is 5.91 Å². The van der Waals surface area contributed by atoms with Crippen molar-refractivity contribution < 1.29 is 9.90 Å². The highest BCUT2D eigenvalue weighted by atomic mass is 16.3. The van der Waals surface area contributed by atoms with Crippen molar-refractivity contribution in [2.75, 3.05) is 6.61 Å². The van der Waals surface area contributed by atoms with Crippen LogP contribution in [0.3, 0.4) is 0 Å². The Hall–Kier alpha value is -1.36. The molecule has 5 nitrogen and oxygen atoms in total. The van der Waals surface area contributed by atoms with E-state index in [4.69, 9.17) is 5.11 Å². The highest BCUT2D eigenvalue weighted by Crippen LogP contribution is 1.96. The number of amides is 1. The molecule has 78 valence electrons. The van der Waals surface area contributed by atoms with Gasteiger partial charge in [0.05, 0.1) is 19.0 Å². The monoisotopic (exact) mass is 197 g/mol. The molecule has 0 radical (unpaired) electrons. The lowest BCUT2D eigenvalue weighted by atomic mass is 10.2. The van der Waals surface area contributed by atoms with Crippen molar-refractivity contribution in [2.24, 2.45) is 7.05 Å². The van der Waals surface area contributed by atoms with Crippen molar-refractivity contribution in [3.63, 3.8) is 0 Å². The lowest BCUT2D eigenvalue weighted by Gasteiger charge is -2.12. The van der Waals surface area contributed by atoms with E-state index in [9.17, 15) is 4.79 Å². The van der Waals surface area contributed by atoms with Gasteiger partial charge in [0.15, 0.2) is 0 Å². The molecule has 0 aliphatic carbocycles. The summed E-state index contributed by atoms with van der Waals surface area (Å²) in [5.41, 5.74) is 0.374. The summed E-state index contributed by atoms with van der Waals surface area (Å²) in [5.74, 6) is -0.244. The molecule has 1 amide bonds. The molecular weight excluding hydrogens is 182 g/mol. The summed E-state index contributed by atoms with van der Waals surface area (Å²) < 4.78 is 1.70. The van der Waals surface area contributed by atoms with Crippen LogP contribution in [0.2, 0.25) is 0 Å². The molecule has 1 aromatic rings. The van der Waals surface area contributed by atoms with Gasteiger partial charge in [-0.15, -0.1) is 0 Å². The Labute approximate surface area is 82.8 Å². The second-order valence-corrected chi connectivity index (χ2v) is 3.19. The number of aliphatic hydroxyl groups is 1. The molecule has 1 rings (SSSR count). The van der Waals surface area contributed by atoms with E-state index < -0.39 is 0 Å². The number of carbonyl (C=O) groups excluding carboxylic acids is 1. The molecule has 1 atom stereocenters. The Morgan fingerprint density at radius 1 is 1.79 bits per heavy atom. The third-order valence-corrected chi connectivity index (χ3v) is 1.99. The van der Waals surface area contributed by atoms with Gasteiger partial charge in [0.1, 0.15) is 5.69 Å². The highest BCUT2D eigenvalue weighted by molar-refractivity contribution is 5.92. The normalized spacial score (nSPS) is 12.5. The first kappa shape index (κ1) is 10.7. The van der Waals surface area contributed by atoms with Crippen LogP contribution in [0.4, 0.5) is 0 Å². The summed E-state index contributed by atoms with van der Waals surface area (Å²) in [5, 5.41) is 11.6. The van der Waals surface area contributed by atoms with E-state index in [-0.39, 0.29) is 18.6 Å². The van der Waals surface area contributed by atoms with E-state index in [1.165, 1.54) is 0 Å². The van der Waals surface area contributed by atoms with Gasteiger partial charge in [-0.2, -0.15) is 0 Å². The minimum absolute atomic E-state index is 0.0466. The number of carbonyl (C=O) groups is 1. The first-order chi connectivity index (χ1) is 6.67. The number of imidazole rings is 1. The van der Waals surface area contributed by atoms with Crippen LogP contribution in [-0.4, -0.2) is 33.2 Å². The summed E-state index contributed by atoms with van der Waals surface area (Å²) in [6, 6.07) is -0.190. The highest BCUT2D eigenvalue weighted by Gasteiger charge is 2.12. The van der Waals surface area contributed by atoms with E-state index in [2.05, 4.69) is 10.3 Å². The zero-order valence-corrected chi connectivity index (χ0v) is 8.40. The molecule has 0 aliphatic rings. The number of nitrogens with zero attached hydrogens (tertiary/aromatic N) is 2. The van der Waals surface area contributed by atoms with Gasteiger partial charge in [-0.1, -0.05) is 6.92 Å². The number of aliphatic hydroxyl groups excluding tert-OH is 1. The molecule has 14 heavy (non-hydrogen) atoms. The van der Waals surface area contributed by atoms with Crippen molar-refractivity contribution in [2.45, 2.75) is 19.4 Å². The van der Waals surface area contributed by atoms with Crippen LogP contribution in [-0.2, 0) is 7.05 Å². The largest absolute Gasteiger partial charge is 0.394 e. The molecule has 0 bridgehead atoms. The van der Waals surface area contributed by atoms with Gasteiger partial charge >= 0.3 is 0 Å². The Bertz CT molecular complexity index is 305. The topological polar surface area (TPSA) is 67.2 Å². The smallest absolute Gasteiger partial charge is 0.271 e. The number of hydrogen-bond acceptors (Lipinski definition) is 3. The maximum absolute atomic E-state index is 11.5. The Morgan fingerprint density at radius 2 is 2.50 bits per heavy atom. The van der Waals surface area contributed by atoms with Crippen molar-refractivity contribution in [3.8, 4) is 0 Å². The number of aromatic nitrogens is 2. The quantitative estimate of drug-likeness (QED) is 0.709. The van der Waals surface area contributed by atoms with Gasteiger partial charge in [0.2, 0.25) is 0 Å². The molecule has 0 unspecified atom stereocenters. The molecule has 5 heteroatoms. The molecular formula is C9H15N3O2. The zero-order valence-electron chi connectivity index (χ0n) is 8.40. The molecule has 2 N–H and O–H groups in total. The first-order valence-electron chi connectivity index (χ1n) is 4.57. The van der Waals surface area contributed by atoms with E-state index in [1.807, 2.05) is 6.92 Å². The summed E-state index contributed by atoms with van der Waals surface area (Å²) in [7, 11) is 1.80. The summed E-state index contributed by atoms with van der Waals surface area (Å²) in [4.78, 5) is 15.4. The standard InChI is InChI=1S/C9H15N3O2/c1-3-7(5-13)11-9(14)8-4-12(2)6-10-8/h4,6-7,13H,3,5H2,1-2H3,(H,11,14)/t7-/m0/s1. The second-order valence-electron chi connectivity index (χ2n) is 3.19. The lowest BCUT2D eigenvalue weighted by Crippen LogP contribution is -2.37. The van der Waals surface area contributed by atoms with Crippen LogP contribution in [0.25, 0.3) is 0 Å². The molecule has 1 aromatic heterocycles. The Balaban J connectivity index is 2.58. The summed E-state index contributed by atoms with van der Waals surface area (Å²) in [6.45, 7) is 1.86. The number of hydrogen-bond donors (Lipinski definition) is 2. The van der Waals surface area contributed by atoms with Crippen molar-refractivity contribution in [1.29, 1.82) is 0 Å². The van der Waals surface area contributed by atoms with Gasteiger partial charge in [-0.25, -0.2) is 4.98 Å².